The van der Waals surface area contributed by atoms with Gasteiger partial charge in [-0.25, -0.2) is 0 Å². The van der Waals surface area contributed by atoms with Gasteiger partial charge < -0.3 is 4.57 Å². The summed E-state index contributed by atoms with van der Waals surface area (Å²) in [4.78, 5) is 0. The lowest BCUT2D eigenvalue weighted by molar-refractivity contribution is 0.583. The quantitative estimate of drug-likeness (QED) is 0.456. The van der Waals surface area contributed by atoms with Crippen molar-refractivity contribution in [1.82, 2.24) is 0 Å². The standard InChI is InChI=1S/C28H33OP/c1-4-21-11-7-9-15-26(21)28(24-18-17-22-12-5-6-13-23(22)19-24)27-16-10-8-14-25(27)20-30(2,3)29/h5-7,9-13,15-16,18,21H,4,8,14,17,19-20H2,1-3H3/b28-26-. The van der Waals surface area contributed by atoms with Gasteiger partial charge in [0, 0.05) is 12.1 Å². The van der Waals surface area contributed by atoms with Crippen LogP contribution in [0.15, 0.2) is 94.7 Å². The second-order valence-electron chi connectivity index (χ2n) is 9.16. The summed E-state index contributed by atoms with van der Waals surface area (Å²) < 4.78 is 12.8. The zero-order valence-corrected chi connectivity index (χ0v) is 19.4. The first-order valence-electron chi connectivity index (χ1n) is 11.2. The Morgan fingerprint density at radius 3 is 2.67 bits per heavy atom. The molecule has 0 radical (unpaired) electrons. The van der Waals surface area contributed by atoms with E-state index in [0.717, 1.165) is 38.3 Å². The van der Waals surface area contributed by atoms with Crippen LogP contribution in [0.1, 0.15) is 37.3 Å². The van der Waals surface area contributed by atoms with Crippen molar-refractivity contribution in [1.29, 1.82) is 0 Å². The highest BCUT2D eigenvalue weighted by molar-refractivity contribution is 7.62. The van der Waals surface area contributed by atoms with Crippen molar-refractivity contribution in [3.05, 3.63) is 106 Å². The molecule has 0 heterocycles. The summed E-state index contributed by atoms with van der Waals surface area (Å²) in [6, 6.07) is 8.83. The van der Waals surface area contributed by atoms with E-state index in [-0.39, 0.29) is 0 Å². The molecule has 3 aliphatic carbocycles. The van der Waals surface area contributed by atoms with Crippen molar-refractivity contribution in [2.24, 2.45) is 5.92 Å². The van der Waals surface area contributed by atoms with Gasteiger partial charge in [0.25, 0.3) is 0 Å². The molecule has 0 saturated carbocycles. The maximum atomic E-state index is 12.8. The topological polar surface area (TPSA) is 17.1 Å². The first kappa shape index (κ1) is 21.1. The largest absolute Gasteiger partial charge is 0.324 e. The molecule has 4 rings (SSSR count). The normalized spacial score (nSPS) is 22.8. The van der Waals surface area contributed by atoms with Crippen LogP contribution >= 0.6 is 7.14 Å². The average Bonchev–Trinajstić information content (AvgIpc) is 2.74. The van der Waals surface area contributed by atoms with Crippen molar-refractivity contribution in [3.8, 4) is 0 Å². The molecule has 1 atom stereocenters. The predicted molar refractivity (Wildman–Crippen MR) is 131 cm³/mol. The minimum atomic E-state index is -2.13. The van der Waals surface area contributed by atoms with Crippen LogP contribution in [0.5, 0.6) is 0 Å². The summed E-state index contributed by atoms with van der Waals surface area (Å²) in [7, 11) is -2.13. The number of allylic oxidation sites excluding steroid dienone is 12. The number of rotatable bonds is 5. The van der Waals surface area contributed by atoms with Crippen LogP contribution in [-0.2, 0) is 17.4 Å². The van der Waals surface area contributed by atoms with Crippen LogP contribution in [0.25, 0.3) is 0 Å². The summed E-state index contributed by atoms with van der Waals surface area (Å²) in [6.07, 6.45) is 21.9. The van der Waals surface area contributed by atoms with Gasteiger partial charge in [0.1, 0.15) is 0 Å². The third-order valence-corrected chi connectivity index (χ3v) is 7.51. The van der Waals surface area contributed by atoms with Gasteiger partial charge in [0.05, 0.1) is 7.14 Å². The number of hydrogen-bond acceptors (Lipinski definition) is 1. The summed E-state index contributed by atoms with van der Waals surface area (Å²) in [5.41, 5.74) is 9.85. The smallest absolute Gasteiger partial charge is 0.0858 e. The highest BCUT2D eigenvalue weighted by Crippen LogP contribution is 2.45. The third-order valence-electron chi connectivity index (χ3n) is 6.37. The molecular formula is C28H33OP. The zero-order chi connectivity index (χ0) is 21.1. The lowest BCUT2D eigenvalue weighted by Crippen LogP contribution is -2.14. The maximum absolute atomic E-state index is 12.8. The first-order valence-corrected chi connectivity index (χ1v) is 14.0. The van der Waals surface area contributed by atoms with E-state index in [1.165, 1.54) is 39.0 Å². The molecule has 0 fully saturated rings. The zero-order valence-electron chi connectivity index (χ0n) is 18.5. The predicted octanol–water partition coefficient (Wildman–Crippen LogP) is 7.43. The highest BCUT2D eigenvalue weighted by Gasteiger charge is 2.26. The molecular weight excluding hydrogens is 383 g/mol. The Balaban J connectivity index is 1.88. The molecule has 0 amide bonds. The molecule has 156 valence electrons. The van der Waals surface area contributed by atoms with Gasteiger partial charge in [0.2, 0.25) is 0 Å². The van der Waals surface area contributed by atoms with Crippen LogP contribution < -0.4 is 0 Å². The monoisotopic (exact) mass is 416 g/mol. The minimum absolute atomic E-state index is 0.433. The second-order valence-corrected chi connectivity index (χ2v) is 12.6. The molecule has 0 bridgehead atoms. The fourth-order valence-electron chi connectivity index (χ4n) is 4.95. The molecule has 0 N–H and O–H groups in total. The number of benzene rings is 1. The molecule has 1 aromatic carbocycles. The van der Waals surface area contributed by atoms with Crippen molar-refractivity contribution in [2.45, 2.75) is 39.0 Å². The van der Waals surface area contributed by atoms with Gasteiger partial charge >= 0.3 is 0 Å². The molecule has 0 spiro atoms. The van der Waals surface area contributed by atoms with Crippen molar-refractivity contribution >= 4 is 7.14 Å². The maximum Gasteiger partial charge on any atom is 0.0858 e. The van der Waals surface area contributed by atoms with Gasteiger partial charge in [-0.2, -0.15) is 0 Å². The Labute approximate surface area is 182 Å². The number of fused-ring (bicyclic) bond motifs is 1. The molecule has 30 heavy (non-hydrogen) atoms. The van der Waals surface area contributed by atoms with Gasteiger partial charge in [-0.3, -0.25) is 0 Å². The Hall–Kier alpha value is -2.11. The van der Waals surface area contributed by atoms with Crippen LogP contribution in [0, 0.1) is 5.92 Å². The van der Waals surface area contributed by atoms with E-state index in [2.05, 4.69) is 73.7 Å². The van der Waals surface area contributed by atoms with Gasteiger partial charge in [0.15, 0.2) is 0 Å². The van der Waals surface area contributed by atoms with Gasteiger partial charge in [-0.05, 0) is 78.9 Å². The van der Waals surface area contributed by atoms with Crippen molar-refractivity contribution < 1.29 is 4.57 Å². The van der Waals surface area contributed by atoms with Crippen molar-refractivity contribution in [2.75, 3.05) is 19.5 Å². The SMILES string of the molecule is CCC1C=CC=C/C1=C(\C1=CCc2ccccc2C1)C1=C(CP(C)(C)=O)CCC=C1. The van der Waals surface area contributed by atoms with E-state index < -0.39 is 7.14 Å². The van der Waals surface area contributed by atoms with Crippen LogP contribution in [0.3, 0.4) is 0 Å². The van der Waals surface area contributed by atoms with E-state index in [9.17, 15) is 4.57 Å². The molecule has 0 aromatic heterocycles. The molecule has 0 saturated heterocycles. The van der Waals surface area contributed by atoms with E-state index in [1.54, 1.807) is 0 Å². The molecule has 1 nitrogen and oxygen atoms in total. The number of hydrogen-bond donors (Lipinski definition) is 0. The Kier molecular flexibility index (Phi) is 6.30. The summed E-state index contributed by atoms with van der Waals surface area (Å²) in [6.45, 7) is 6.13. The fraction of sp³-hybridized carbons (Fsp3) is 0.357. The molecule has 1 aromatic rings. The lowest BCUT2D eigenvalue weighted by atomic mass is 9.76. The highest BCUT2D eigenvalue weighted by atomic mass is 31.2. The van der Waals surface area contributed by atoms with E-state index >= 15 is 0 Å². The van der Waals surface area contributed by atoms with Crippen LogP contribution in [0.4, 0.5) is 0 Å². The second kappa shape index (κ2) is 8.94. The molecule has 1 unspecified atom stereocenters. The van der Waals surface area contributed by atoms with Crippen molar-refractivity contribution in [3.63, 3.8) is 0 Å². The van der Waals surface area contributed by atoms with E-state index in [4.69, 9.17) is 0 Å². The fourth-order valence-corrected chi connectivity index (χ4v) is 6.20. The van der Waals surface area contributed by atoms with Crippen LogP contribution in [-0.4, -0.2) is 19.5 Å². The van der Waals surface area contributed by atoms with Crippen LogP contribution in [0.2, 0.25) is 0 Å². The summed E-state index contributed by atoms with van der Waals surface area (Å²) in [5.74, 6) is 0.433. The Bertz CT molecular complexity index is 1050. The van der Waals surface area contributed by atoms with Gasteiger partial charge in [-0.15, -0.1) is 0 Å². The average molecular weight is 417 g/mol. The first-order chi connectivity index (χ1) is 14.5. The Morgan fingerprint density at radius 1 is 1.10 bits per heavy atom. The Morgan fingerprint density at radius 2 is 1.90 bits per heavy atom. The third kappa shape index (κ3) is 4.62. The minimum Gasteiger partial charge on any atom is -0.324 e. The molecule has 3 aliphatic rings. The summed E-state index contributed by atoms with van der Waals surface area (Å²) >= 11 is 0. The lowest BCUT2D eigenvalue weighted by Gasteiger charge is -2.29. The molecule has 2 heteroatoms. The van der Waals surface area contributed by atoms with E-state index in [0.29, 0.717) is 5.92 Å². The van der Waals surface area contributed by atoms with E-state index in [1.807, 2.05) is 13.3 Å². The molecule has 0 aliphatic heterocycles. The summed E-state index contributed by atoms with van der Waals surface area (Å²) in [5, 5.41) is 0. The van der Waals surface area contributed by atoms with Gasteiger partial charge in [-0.1, -0.05) is 79.3 Å².